The fourth-order valence-corrected chi connectivity index (χ4v) is 4.14. The lowest BCUT2D eigenvalue weighted by Gasteiger charge is -2.41. The minimum atomic E-state index is 0.0488. The van der Waals surface area contributed by atoms with Crippen molar-refractivity contribution < 1.29 is 9.28 Å². The molecule has 4 nitrogen and oxygen atoms in total. The van der Waals surface area contributed by atoms with E-state index >= 15 is 0 Å². The van der Waals surface area contributed by atoms with E-state index in [1.807, 2.05) is 0 Å². The number of hydrogen-bond acceptors (Lipinski definition) is 2. The van der Waals surface area contributed by atoms with Gasteiger partial charge in [0.05, 0.1) is 12.7 Å². The van der Waals surface area contributed by atoms with E-state index in [-0.39, 0.29) is 12.1 Å². The van der Waals surface area contributed by atoms with Crippen LogP contribution in [0.25, 0.3) is 0 Å². The molecule has 0 saturated heterocycles. The van der Waals surface area contributed by atoms with Crippen LogP contribution in [0.2, 0.25) is 0 Å². The van der Waals surface area contributed by atoms with Crippen molar-refractivity contribution in [2.24, 2.45) is 0 Å². The summed E-state index contributed by atoms with van der Waals surface area (Å²) in [6, 6.07) is 0. The van der Waals surface area contributed by atoms with Crippen molar-refractivity contribution >= 4 is 5.91 Å². The van der Waals surface area contributed by atoms with Gasteiger partial charge >= 0.3 is 0 Å². The number of allylic oxidation sites excluding steroid dienone is 2. The summed E-state index contributed by atoms with van der Waals surface area (Å²) in [7, 11) is 0. The Balaban J connectivity index is 2.16. The quantitative estimate of drug-likeness (QED) is 0.222. The molecule has 2 N–H and O–H groups in total. The first kappa shape index (κ1) is 23.7. The molecule has 0 spiro atoms. The Morgan fingerprint density at radius 2 is 1.70 bits per heavy atom. The highest BCUT2D eigenvalue weighted by molar-refractivity contribution is 5.72. The normalized spacial score (nSPS) is 22.9. The fraction of sp³-hybridized carbons (Fsp3) is 0.783. The Kier molecular flexibility index (Phi) is 12.2. The van der Waals surface area contributed by atoms with E-state index in [0.29, 0.717) is 6.17 Å². The van der Waals surface area contributed by atoms with E-state index in [2.05, 4.69) is 56.0 Å². The number of carbonyl (C=O) groups excluding carboxylic acids is 1. The maximum atomic E-state index is 11.5. The molecule has 0 aliphatic carbocycles. The summed E-state index contributed by atoms with van der Waals surface area (Å²) >= 11 is 0. The van der Waals surface area contributed by atoms with Crippen molar-refractivity contribution in [1.82, 2.24) is 10.6 Å². The Bertz CT molecular complexity index is 461. The predicted molar refractivity (Wildman–Crippen MR) is 116 cm³/mol. The van der Waals surface area contributed by atoms with Crippen molar-refractivity contribution in [3.8, 4) is 0 Å². The SMILES string of the molecule is CCCC/C=C/CCCCCCCCC1NC=C[N+]1(CC)C(C)NC(C)=O. The molecule has 3 atom stereocenters. The first-order valence-corrected chi connectivity index (χ1v) is 11.3. The van der Waals surface area contributed by atoms with E-state index in [9.17, 15) is 4.79 Å². The Labute approximate surface area is 168 Å². The second kappa shape index (κ2) is 13.8. The van der Waals surface area contributed by atoms with Gasteiger partial charge in [-0.1, -0.05) is 57.6 Å². The minimum absolute atomic E-state index is 0.0488. The lowest BCUT2D eigenvalue weighted by atomic mass is 10.1. The number of unbranched alkanes of at least 4 members (excludes halogenated alkanes) is 8. The van der Waals surface area contributed by atoms with Gasteiger partial charge in [0.2, 0.25) is 5.91 Å². The van der Waals surface area contributed by atoms with Gasteiger partial charge in [0.15, 0.2) is 12.3 Å². The summed E-state index contributed by atoms with van der Waals surface area (Å²) < 4.78 is 0.809. The van der Waals surface area contributed by atoms with E-state index in [4.69, 9.17) is 0 Å². The summed E-state index contributed by atoms with van der Waals surface area (Å²) in [5, 5.41) is 6.61. The lowest BCUT2D eigenvalue weighted by Crippen LogP contribution is -2.62. The standard InChI is InChI=1S/C23H43N3O/c1-5-7-8-9-10-11-12-13-14-15-16-17-18-23-24-19-20-26(23,6-2)21(3)25-22(4)27/h9-10,19-21,23-24H,5-8,11-18H2,1-4H3/p+1/b10-9+. The topological polar surface area (TPSA) is 41.1 Å². The molecular weight excluding hydrogens is 334 g/mol. The van der Waals surface area contributed by atoms with E-state index in [0.717, 1.165) is 17.4 Å². The monoisotopic (exact) mass is 378 g/mol. The highest BCUT2D eigenvalue weighted by atomic mass is 16.1. The molecule has 1 aliphatic heterocycles. The van der Waals surface area contributed by atoms with Gasteiger partial charge in [-0.2, -0.15) is 0 Å². The average Bonchev–Trinajstić information content (AvgIpc) is 3.06. The van der Waals surface area contributed by atoms with Crippen molar-refractivity contribution in [3.05, 3.63) is 24.6 Å². The maximum Gasteiger partial charge on any atom is 0.221 e. The molecule has 1 amide bonds. The summed E-state index contributed by atoms with van der Waals surface area (Å²) in [5.74, 6) is 0.0488. The fourth-order valence-electron chi connectivity index (χ4n) is 4.14. The maximum absolute atomic E-state index is 11.5. The molecule has 1 heterocycles. The molecular formula is C23H44N3O+. The molecule has 27 heavy (non-hydrogen) atoms. The summed E-state index contributed by atoms with van der Waals surface area (Å²) in [6.07, 6.45) is 23.7. The van der Waals surface area contributed by atoms with Crippen LogP contribution < -0.4 is 10.6 Å². The van der Waals surface area contributed by atoms with Gasteiger partial charge in [-0.25, -0.2) is 0 Å². The molecule has 4 heteroatoms. The molecule has 0 fully saturated rings. The zero-order chi connectivity index (χ0) is 20.0. The molecule has 0 aromatic heterocycles. The van der Waals surface area contributed by atoms with Gasteiger partial charge < -0.3 is 10.6 Å². The van der Waals surface area contributed by atoms with Crippen LogP contribution in [0, 0.1) is 0 Å². The molecule has 0 aromatic carbocycles. The van der Waals surface area contributed by atoms with Crippen LogP contribution in [0.1, 0.15) is 98.3 Å². The Hall–Kier alpha value is -1.29. The van der Waals surface area contributed by atoms with E-state index < -0.39 is 0 Å². The summed E-state index contributed by atoms with van der Waals surface area (Å²) in [4.78, 5) is 11.5. The number of hydrogen-bond donors (Lipinski definition) is 2. The number of quaternary nitrogens is 1. The van der Waals surface area contributed by atoms with Crippen LogP contribution in [0.5, 0.6) is 0 Å². The molecule has 0 bridgehead atoms. The number of carbonyl (C=O) groups is 1. The van der Waals surface area contributed by atoms with Crippen LogP contribution >= 0.6 is 0 Å². The number of amides is 1. The van der Waals surface area contributed by atoms with Crippen LogP contribution in [0.15, 0.2) is 24.6 Å². The number of rotatable bonds is 15. The molecule has 1 rings (SSSR count). The Morgan fingerprint density at radius 1 is 1.07 bits per heavy atom. The molecule has 0 radical (unpaired) electrons. The van der Waals surface area contributed by atoms with Crippen LogP contribution in [-0.2, 0) is 4.79 Å². The van der Waals surface area contributed by atoms with Gasteiger partial charge in [0.25, 0.3) is 0 Å². The third-order valence-electron chi connectivity index (χ3n) is 5.89. The number of nitrogens with one attached hydrogen (secondary N) is 2. The van der Waals surface area contributed by atoms with Crippen LogP contribution in [-0.4, -0.2) is 29.3 Å². The van der Waals surface area contributed by atoms with Crippen LogP contribution in [0.3, 0.4) is 0 Å². The van der Waals surface area contributed by atoms with Gasteiger partial charge in [0, 0.05) is 20.3 Å². The summed E-state index contributed by atoms with van der Waals surface area (Å²) in [6.45, 7) is 9.16. The van der Waals surface area contributed by atoms with Crippen molar-refractivity contribution in [2.45, 2.75) is 111 Å². The number of nitrogens with zero attached hydrogens (tertiary/aromatic N) is 1. The molecule has 3 unspecified atom stereocenters. The first-order chi connectivity index (χ1) is 13.1. The zero-order valence-corrected chi connectivity index (χ0v) is 18.3. The van der Waals surface area contributed by atoms with Crippen molar-refractivity contribution in [1.29, 1.82) is 0 Å². The highest BCUT2D eigenvalue weighted by Crippen LogP contribution is 2.26. The van der Waals surface area contributed by atoms with E-state index in [1.165, 1.54) is 64.2 Å². The third-order valence-corrected chi connectivity index (χ3v) is 5.89. The lowest BCUT2D eigenvalue weighted by molar-refractivity contribution is -0.923. The van der Waals surface area contributed by atoms with Gasteiger partial charge in [-0.05, 0) is 32.6 Å². The van der Waals surface area contributed by atoms with Crippen LogP contribution in [0.4, 0.5) is 0 Å². The first-order valence-electron chi connectivity index (χ1n) is 11.3. The zero-order valence-electron chi connectivity index (χ0n) is 18.3. The summed E-state index contributed by atoms with van der Waals surface area (Å²) in [5.41, 5.74) is 0. The van der Waals surface area contributed by atoms with Gasteiger partial charge in [0.1, 0.15) is 6.20 Å². The van der Waals surface area contributed by atoms with Gasteiger partial charge in [-0.15, -0.1) is 0 Å². The second-order valence-electron chi connectivity index (χ2n) is 8.00. The smallest absolute Gasteiger partial charge is 0.221 e. The molecule has 0 aromatic rings. The van der Waals surface area contributed by atoms with Crippen molar-refractivity contribution in [3.63, 3.8) is 0 Å². The Morgan fingerprint density at radius 3 is 2.33 bits per heavy atom. The molecule has 0 saturated carbocycles. The molecule has 1 aliphatic rings. The molecule has 156 valence electrons. The largest absolute Gasteiger partial charge is 0.338 e. The minimum Gasteiger partial charge on any atom is -0.338 e. The van der Waals surface area contributed by atoms with Crippen molar-refractivity contribution in [2.75, 3.05) is 6.54 Å². The third kappa shape index (κ3) is 8.50. The predicted octanol–water partition coefficient (Wildman–Crippen LogP) is 5.57. The highest BCUT2D eigenvalue weighted by Gasteiger charge is 2.41. The second-order valence-corrected chi connectivity index (χ2v) is 8.00. The van der Waals surface area contributed by atoms with E-state index in [1.54, 1.807) is 6.92 Å². The average molecular weight is 379 g/mol. The van der Waals surface area contributed by atoms with Gasteiger partial charge in [-0.3, -0.25) is 9.28 Å².